The van der Waals surface area contributed by atoms with Gasteiger partial charge in [0.05, 0.1) is 6.61 Å². The Balaban J connectivity index is 1.72. The van der Waals surface area contributed by atoms with Crippen molar-refractivity contribution in [1.82, 2.24) is 0 Å². The molecule has 0 fully saturated rings. The van der Waals surface area contributed by atoms with Crippen LogP contribution in [0.3, 0.4) is 0 Å². The summed E-state index contributed by atoms with van der Waals surface area (Å²) in [6, 6.07) is 13.2. The third kappa shape index (κ3) is 5.41. The van der Waals surface area contributed by atoms with Crippen molar-refractivity contribution in [2.24, 2.45) is 0 Å². The van der Waals surface area contributed by atoms with Gasteiger partial charge in [0.1, 0.15) is 5.75 Å². The van der Waals surface area contributed by atoms with E-state index in [0.29, 0.717) is 24.5 Å². The first kappa shape index (κ1) is 16.4. The molecule has 0 atom stereocenters. The van der Waals surface area contributed by atoms with Gasteiger partial charge in [0, 0.05) is 17.1 Å². The predicted molar refractivity (Wildman–Crippen MR) is 90.7 cm³/mol. The molecule has 0 heterocycles. The van der Waals surface area contributed by atoms with E-state index in [0.717, 1.165) is 22.6 Å². The normalized spacial score (nSPS) is 10.3. The zero-order chi connectivity index (χ0) is 15.9. The number of benzene rings is 2. The maximum atomic E-state index is 11.9. The Hall–Kier alpha value is -2.00. The second kappa shape index (κ2) is 7.85. The van der Waals surface area contributed by atoms with E-state index >= 15 is 0 Å². The molecule has 1 amide bonds. The van der Waals surface area contributed by atoms with Crippen LogP contribution in [0.2, 0.25) is 5.02 Å². The first-order valence-electron chi connectivity index (χ1n) is 7.29. The van der Waals surface area contributed by atoms with E-state index in [1.807, 2.05) is 38.1 Å². The maximum Gasteiger partial charge on any atom is 0.224 e. The fourth-order valence-electron chi connectivity index (χ4n) is 2.22. The Labute approximate surface area is 136 Å². The van der Waals surface area contributed by atoms with Crippen LogP contribution >= 0.6 is 11.6 Å². The molecule has 0 radical (unpaired) electrons. The Morgan fingerprint density at radius 1 is 1.09 bits per heavy atom. The zero-order valence-electron chi connectivity index (χ0n) is 12.9. The van der Waals surface area contributed by atoms with Crippen molar-refractivity contribution in [3.8, 4) is 5.75 Å². The van der Waals surface area contributed by atoms with Gasteiger partial charge in [-0.3, -0.25) is 4.79 Å². The molecule has 116 valence electrons. The number of amides is 1. The van der Waals surface area contributed by atoms with Crippen LogP contribution in [0.15, 0.2) is 42.5 Å². The zero-order valence-corrected chi connectivity index (χ0v) is 13.6. The molecule has 0 aliphatic rings. The lowest BCUT2D eigenvalue weighted by Crippen LogP contribution is -2.13. The lowest BCUT2D eigenvalue weighted by atomic mass is 10.1. The lowest BCUT2D eigenvalue weighted by molar-refractivity contribution is -0.116. The van der Waals surface area contributed by atoms with Gasteiger partial charge in [0.25, 0.3) is 0 Å². The highest BCUT2D eigenvalue weighted by Gasteiger charge is 2.04. The molecule has 4 heteroatoms. The molecule has 2 aromatic rings. The highest BCUT2D eigenvalue weighted by molar-refractivity contribution is 6.30. The first-order valence-corrected chi connectivity index (χ1v) is 7.67. The molecule has 3 nitrogen and oxygen atoms in total. The summed E-state index contributed by atoms with van der Waals surface area (Å²) in [7, 11) is 0. The van der Waals surface area contributed by atoms with E-state index in [1.165, 1.54) is 0 Å². The van der Waals surface area contributed by atoms with Crippen molar-refractivity contribution in [2.45, 2.75) is 26.7 Å². The highest BCUT2D eigenvalue weighted by atomic mass is 35.5. The van der Waals surface area contributed by atoms with E-state index in [9.17, 15) is 4.79 Å². The molecule has 0 aliphatic carbocycles. The number of aryl methyl sites for hydroxylation is 2. The first-order chi connectivity index (χ1) is 10.5. The third-order valence-electron chi connectivity index (χ3n) is 3.14. The van der Waals surface area contributed by atoms with Gasteiger partial charge in [0.2, 0.25) is 5.91 Å². The molecule has 0 unspecified atom stereocenters. The monoisotopic (exact) mass is 317 g/mol. The molecule has 0 saturated carbocycles. The summed E-state index contributed by atoms with van der Waals surface area (Å²) in [6.07, 6.45) is 1.10. The molecule has 0 bridgehead atoms. The van der Waals surface area contributed by atoms with Crippen LogP contribution < -0.4 is 10.1 Å². The van der Waals surface area contributed by atoms with Crippen LogP contribution in [0.1, 0.15) is 24.0 Å². The standard InChI is InChI=1S/C18H20ClNO2/c1-13-10-14(2)12-16(11-13)20-18(21)4-3-9-22-17-7-5-15(19)6-8-17/h5-8,10-12H,3-4,9H2,1-2H3,(H,20,21). The number of ether oxygens (including phenoxy) is 1. The number of anilines is 1. The predicted octanol–water partition coefficient (Wildman–Crippen LogP) is 4.75. The van der Waals surface area contributed by atoms with E-state index in [2.05, 4.69) is 11.4 Å². The number of rotatable bonds is 6. The van der Waals surface area contributed by atoms with Gasteiger partial charge >= 0.3 is 0 Å². The lowest BCUT2D eigenvalue weighted by Gasteiger charge is -2.08. The van der Waals surface area contributed by atoms with Gasteiger partial charge in [-0.2, -0.15) is 0 Å². The topological polar surface area (TPSA) is 38.3 Å². The van der Waals surface area contributed by atoms with Crippen molar-refractivity contribution in [2.75, 3.05) is 11.9 Å². The van der Waals surface area contributed by atoms with Crippen LogP contribution in [0, 0.1) is 13.8 Å². The average molecular weight is 318 g/mol. The average Bonchev–Trinajstić information content (AvgIpc) is 2.44. The van der Waals surface area contributed by atoms with Crippen LogP contribution in [0.25, 0.3) is 0 Å². The number of hydrogen-bond donors (Lipinski definition) is 1. The van der Waals surface area contributed by atoms with Crippen molar-refractivity contribution < 1.29 is 9.53 Å². The summed E-state index contributed by atoms with van der Waals surface area (Å²) in [5.74, 6) is 0.767. The minimum absolute atomic E-state index is 0.00436. The largest absolute Gasteiger partial charge is 0.494 e. The van der Waals surface area contributed by atoms with Gasteiger partial charge in [-0.1, -0.05) is 17.7 Å². The summed E-state index contributed by atoms with van der Waals surface area (Å²) in [5.41, 5.74) is 3.13. The summed E-state index contributed by atoms with van der Waals surface area (Å²) in [6.45, 7) is 4.53. The molecule has 1 N–H and O–H groups in total. The SMILES string of the molecule is Cc1cc(C)cc(NC(=O)CCCOc2ccc(Cl)cc2)c1. The number of hydrogen-bond acceptors (Lipinski definition) is 2. The number of carbonyl (C=O) groups excluding carboxylic acids is 1. The quantitative estimate of drug-likeness (QED) is 0.780. The highest BCUT2D eigenvalue weighted by Crippen LogP contribution is 2.16. The van der Waals surface area contributed by atoms with Crippen molar-refractivity contribution in [3.63, 3.8) is 0 Å². The molecule has 22 heavy (non-hydrogen) atoms. The van der Waals surface area contributed by atoms with Crippen LogP contribution in [0.5, 0.6) is 5.75 Å². The Morgan fingerprint density at radius 2 is 1.73 bits per heavy atom. The van der Waals surface area contributed by atoms with Gasteiger partial charge in [-0.15, -0.1) is 0 Å². The minimum atomic E-state index is 0.00436. The Kier molecular flexibility index (Phi) is 5.84. The van der Waals surface area contributed by atoms with Crippen molar-refractivity contribution in [1.29, 1.82) is 0 Å². The third-order valence-corrected chi connectivity index (χ3v) is 3.39. The fourth-order valence-corrected chi connectivity index (χ4v) is 2.35. The molecule has 2 aromatic carbocycles. The molecular formula is C18H20ClNO2. The maximum absolute atomic E-state index is 11.9. The second-order valence-corrected chi connectivity index (χ2v) is 5.77. The smallest absolute Gasteiger partial charge is 0.224 e. The number of carbonyl (C=O) groups is 1. The summed E-state index contributed by atoms with van der Waals surface area (Å²) >= 11 is 5.81. The fraction of sp³-hybridized carbons (Fsp3) is 0.278. The van der Waals surface area contributed by atoms with E-state index in [1.54, 1.807) is 12.1 Å². The second-order valence-electron chi connectivity index (χ2n) is 5.33. The van der Waals surface area contributed by atoms with E-state index < -0.39 is 0 Å². The molecule has 0 spiro atoms. The van der Waals surface area contributed by atoms with Crippen LogP contribution in [-0.4, -0.2) is 12.5 Å². The van der Waals surface area contributed by atoms with Crippen LogP contribution in [0.4, 0.5) is 5.69 Å². The summed E-state index contributed by atoms with van der Waals surface area (Å²) in [4.78, 5) is 11.9. The minimum Gasteiger partial charge on any atom is -0.494 e. The molecule has 0 saturated heterocycles. The van der Waals surface area contributed by atoms with Gasteiger partial charge in [-0.05, 0) is 67.8 Å². The van der Waals surface area contributed by atoms with Crippen molar-refractivity contribution >= 4 is 23.2 Å². The van der Waals surface area contributed by atoms with Crippen LogP contribution in [-0.2, 0) is 4.79 Å². The van der Waals surface area contributed by atoms with Gasteiger partial charge in [-0.25, -0.2) is 0 Å². The van der Waals surface area contributed by atoms with Gasteiger partial charge in [0.15, 0.2) is 0 Å². The van der Waals surface area contributed by atoms with E-state index in [4.69, 9.17) is 16.3 Å². The summed E-state index contributed by atoms with van der Waals surface area (Å²) < 4.78 is 5.56. The molecular weight excluding hydrogens is 298 g/mol. The van der Waals surface area contributed by atoms with E-state index in [-0.39, 0.29) is 5.91 Å². The number of halogens is 1. The molecule has 0 aliphatic heterocycles. The molecule has 2 rings (SSSR count). The number of nitrogens with one attached hydrogen (secondary N) is 1. The van der Waals surface area contributed by atoms with Gasteiger partial charge < -0.3 is 10.1 Å². The Morgan fingerprint density at radius 3 is 2.36 bits per heavy atom. The molecule has 0 aromatic heterocycles. The Bertz CT molecular complexity index is 618. The summed E-state index contributed by atoms with van der Waals surface area (Å²) in [5, 5.41) is 3.60. The van der Waals surface area contributed by atoms with Crippen molar-refractivity contribution in [3.05, 3.63) is 58.6 Å².